The number of hydrogen-bond donors (Lipinski definition) is 2. The lowest BCUT2D eigenvalue weighted by molar-refractivity contribution is 0.102. The average Bonchev–Trinajstić information content (AvgIpc) is 2.85. The normalized spacial score (nSPS) is 10.8. The van der Waals surface area contributed by atoms with Crippen LogP contribution in [0.5, 0.6) is 0 Å². The molecule has 7 heteroatoms. The number of pyridine rings is 1. The van der Waals surface area contributed by atoms with Gasteiger partial charge in [-0.05, 0) is 37.9 Å². The van der Waals surface area contributed by atoms with Gasteiger partial charge in [-0.3, -0.25) is 9.78 Å². The van der Waals surface area contributed by atoms with Gasteiger partial charge in [0.15, 0.2) is 5.82 Å². The predicted octanol–water partition coefficient (Wildman–Crippen LogP) is 4.43. The van der Waals surface area contributed by atoms with Crippen molar-refractivity contribution in [2.45, 2.75) is 0 Å². The summed E-state index contributed by atoms with van der Waals surface area (Å²) in [5.74, 6) is 0.808. The van der Waals surface area contributed by atoms with Crippen LogP contribution in [-0.2, 0) is 0 Å². The highest BCUT2D eigenvalue weighted by Crippen LogP contribution is 2.28. The van der Waals surface area contributed by atoms with E-state index in [0.717, 1.165) is 23.2 Å². The third kappa shape index (κ3) is 5.78. The van der Waals surface area contributed by atoms with Gasteiger partial charge in [-0.2, -0.15) is 0 Å². The van der Waals surface area contributed by atoms with E-state index >= 15 is 0 Å². The van der Waals surface area contributed by atoms with Crippen LogP contribution >= 0.6 is 0 Å². The maximum Gasteiger partial charge on any atom is 0.274 e. The van der Waals surface area contributed by atoms with E-state index in [-0.39, 0.29) is 5.91 Å². The molecule has 33 heavy (non-hydrogen) atoms. The fourth-order valence-corrected chi connectivity index (χ4v) is 3.34. The Hall–Kier alpha value is -4.10. The summed E-state index contributed by atoms with van der Waals surface area (Å²) >= 11 is 0. The van der Waals surface area contributed by atoms with Crippen molar-refractivity contribution in [1.82, 2.24) is 19.9 Å². The van der Waals surface area contributed by atoms with Crippen LogP contribution in [-0.4, -0.2) is 52.9 Å². The molecule has 0 fully saturated rings. The molecule has 0 saturated carbocycles. The van der Waals surface area contributed by atoms with Crippen LogP contribution in [0.3, 0.4) is 0 Å². The van der Waals surface area contributed by atoms with Gasteiger partial charge < -0.3 is 15.5 Å². The molecule has 2 aromatic heterocycles. The van der Waals surface area contributed by atoms with E-state index in [1.165, 1.54) is 0 Å². The Morgan fingerprint density at radius 1 is 0.879 bits per heavy atom. The van der Waals surface area contributed by atoms with Crippen molar-refractivity contribution in [3.05, 3.63) is 90.9 Å². The zero-order valence-corrected chi connectivity index (χ0v) is 18.7. The highest BCUT2D eigenvalue weighted by Gasteiger charge is 2.15. The number of nitrogens with one attached hydrogen (secondary N) is 2. The number of carbonyl (C=O) groups is 1. The Morgan fingerprint density at radius 3 is 2.36 bits per heavy atom. The molecular formula is C26H26N6O. The van der Waals surface area contributed by atoms with Gasteiger partial charge >= 0.3 is 0 Å². The van der Waals surface area contributed by atoms with E-state index in [2.05, 4.69) is 30.5 Å². The van der Waals surface area contributed by atoms with E-state index in [1.54, 1.807) is 18.5 Å². The zero-order chi connectivity index (χ0) is 23.0. The molecule has 166 valence electrons. The van der Waals surface area contributed by atoms with Crippen molar-refractivity contribution >= 4 is 17.4 Å². The maximum atomic E-state index is 13.3. The van der Waals surface area contributed by atoms with Crippen LogP contribution in [0.25, 0.3) is 22.5 Å². The number of para-hydroxylation sites is 1. The minimum absolute atomic E-state index is 0.292. The van der Waals surface area contributed by atoms with Gasteiger partial charge in [0.25, 0.3) is 5.91 Å². The van der Waals surface area contributed by atoms with Gasteiger partial charge in [0.2, 0.25) is 0 Å². The van der Waals surface area contributed by atoms with Crippen LogP contribution in [0.15, 0.2) is 85.2 Å². The molecule has 1 amide bonds. The molecule has 0 saturated heterocycles. The number of nitrogens with zero attached hydrogens (tertiary/aromatic N) is 4. The summed E-state index contributed by atoms with van der Waals surface area (Å²) in [7, 11) is 4.02. The molecule has 4 aromatic rings. The fraction of sp³-hybridized carbons (Fsp3) is 0.154. The van der Waals surface area contributed by atoms with Gasteiger partial charge in [-0.25, -0.2) is 9.97 Å². The number of anilines is 2. The summed E-state index contributed by atoms with van der Waals surface area (Å²) in [4.78, 5) is 28.6. The molecule has 2 N–H and O–H groups in total. The first-order valence-electron chi connectivity index (χ1n) is 10.7. The zero-order valence-electron chi connectivity index (χ0n) is 18.7. The first-order chi connectivity index (χ1) is 16.1. The average molecular weight is 439 g/mol. The second-order valence-electron chi connectivity index (χ2n) is 7.79. The molecule has 0 unspecified atom stereocenters. The monoisotopic (exact) mass is 438 g/mol. The number of hydrogen-bond acceptors (Lipinski definition) is 6. The van der Waals surface area contributed by atoms with Gasteiger partial charge in [0, 0.05) is 48.4 Å². The van der Waals surface area contributed by atoms with E-state index in [0.29, 0.717) is 29.6 Å². The third-order valence-corrected chi connectivity index (χ3v) is 5.02. The van der Waals surface area contributed by atoms with Crippen molar-refractivity contribution in [2.24, 2.45) is 0 Å². The standard InChI is InChI=1S/C26H26N6O/c1-32(2)17-16-28-24-18-23(29-25(31-24)20-8-4-3-5-9-20)26(33)30-22-11-7-6-10-21(22)19-12-14-27-15-13-19/h3-15,18H,16-17H2,1-2H3,(H,30,33)(H,28,29,31). The smallest absolute Gasteiger partial charge is 0.274 e. The summed E-state index contributed by atoms with van der Waals surface area (Å²) in [6.07, 6.45) is 3.46. The van der Waals surface area contributed by atoms with Crippen molar-refractivity contribution in [3.63, 3.8) is 0 Å². The van der Waals surface area contributed by atoms with Gasteiger partial charge in [0.1, 0.15) is 11.5 Å². The third-order valence-electron chi connectivity index (χ3n) is 5.02. The van der Waals surface area contributed by atoms with Crippen molar-refractivity contribution in [3.8, 4) is 22.5 Å². The van der Waals surface area contributed by atoms with E-state index in [1.807, 2.05) is 80.8 Å². The minimum Gasteiger partial charge on any atom is -0.369 e. The molecular weight excluding hydrogens is 412 g/mol. The summed E-state index contributed by atoms with van der Waals surface area (Å²) in [6.45, 7) is 1.54. The first kappa shape index (κ1) is 22.1. The Balaban J connectivity index is 1.65. The number of rotatable bonds is 8. The van der Waals surface area contributed by atoms with Gasteiger partial charge in [0.05, 0.1) is 0 Å². The lowest BCUT2D eigenvalue weighted by Gasteiger charge is -2.14. The molecule has 0 atom stereocenters. The molecule has 2 heterocycles. The highest BCUT2D eigenvalue weighted by molar-refractivity contribution is 6.05. The SMILES string of the molecule is CN(C)CCNc1cc(C(=O)Nc2ccccc2-c2ccncc2)nc(-c2ccccc2)n1. The summed E-state index contributed by atoms with van der Waals surface area (Å²) in [6, 6.07) is 22.8. The molecule has 0 aliphatic carbocycles. The number of aromatic nitrogens is 3. The highest BCUT2D eigenvalue weighted by atomic mass is 16.1. The van der Waals surface area contributed by atoms with Gasteiger partial charge in [-0.1, -0.05) is 48.5 Å². The molecule has 0 spiro atoms. The van der Waals surface area contributed by atoms with E-state index < -0.39 is 0 Å². The second-order valence-corrected chi connectivity index (χ2v) is 7.79. The van der Waals surface area contributed by atoms with Crippen LogP contribution in [0.1, 0.15) is 10.5 Å². The molecule has 0 aliphatic rings. The summed E-state index contributed by atoms with van der Waals surface area (Å²) in [5.41, 5.74) is 3.73. The van der Waals surface area contributed by atoms with Crippen molar-refractivity contribution in [2.75, 3.05) is 37.8 Å². The molecule has 0 radical (unpaired) electrons. The predicted molar refractivity (Wildman–Crippen MR) is 132 cm³/mol. The lowest BCUT2D eigenvalue weighted by Crippen LogP contribution is -2.22. The molecule has 0 aliphatic heterocycles. The van der Waals surface area contributed by atoms with Crippen LogP contribution in [0.2, 0.25) is 0 Å². The Bertz CT molecular complexity index is 1210. The van der Waals surface area contributed by atoms with E-state index in [9.17, 15) is 4.79 Å². The Morgan fingerprint density at radius 2 is 1.61 bits per heavy atom. The Kier molecular flexibility index (Phi) is 7.02. The van der Waals surface area contributed by atoms with Crippen molar-refractivity contribution in [1.29, 1.82) is 0 Å². The number of benzene rings is 2. The fourth-order valence-electron chi connectivity index (χ4n) is 3.34. The number of likely N-dealkylation sites (N-methyl/N-ethyl adjacent to an activating group) is 1. The van der Waals surface area contributed by atoms with Crippen LogP contribution in [0.4, 0.5) is 11.5 Å². The van der Waals surface area contributed by atoms with Crippen molar-refractivity contribution < 1.29 is 4.79 Å². The van der Waals surface area contributed by atoms with Gasteiger partial charge in [-0.15, -0.1) is 0 Å². The van der Waals surface area contributed by atoms with E-state index in [4.69, 9.17) is 0 Å². The Labute approximate surface area is 193 Å². The minimum atomic E-state index is -0.299. The topological polar surface area (TPSA) is 83.0 Å². The summed E-state index contributed by atoms with van der Waals surface area (Å²) in [5, 5.41) is 6.32. The quantitative estimate of drug-likeness (QED) is 0.423. The largest absolute Gasteiger partial charge is 0.369 e. The second kappa shape index (κ2) is 10.5. The first-order valence-corrected chi connectivity index (χ1v) is 10.7. The number of carbonyl (C=O) groups excluding carboxylic acids is 1. The number of amides is 1. The maximum absolute atomic E-state index is 13.3. The molecule has 4 rings (SSSR count). The molecule has 0 bridgehead atoms. The van der Waals surface area contributed by atoms with Crippen LogP contribution < -0.4 is 10.6 Å². The molecule has 2 aromatic carbocycles. The summed E-state index contributed by atoms with van der Waals surface area (Å²) < 4.78 is 0. The lowest BCUT2D eigenvalue weighted by atomic mass is 10.0. The molecule has 7 nitrogen and oxygen atoms in total. The van der Waals surface area contributed by atoms with Crippen LogP contribution in [0, 0.1) is 0 Å².